The number of alkyl halides is 3. The second kappa shape index (κ2) is 18.6. The molecule has 1 aliphatic heterocycles. The average molecular weight is 710 g/mol. The van der Waals surface area contributed by atoms with Crippen LogP contribution >= 0.6 is 11.6 Å². The van der Waals surface area contributed by atoms with Crippen molar-refractivity contribution in [3.05, 3.63) is 81.7 Å². The lowest BCUT2D eigenvalue weighted by Gasteiger charge is -2.32. The molecule has 0 fully saturated rings. The number of nitrogens with one attached hydrogen (secondary N) is 3. The van der Waals surface area contributed by atoms with Crippen molar-refractivity contribution < 1.29 is 56.3 Å². The number of esters is 2. The Morgan fingerprint density at radius 2 is 1.67 bits per heavy atom. The second-order valence-corrected chi connectivity index (χ2v) is 10.6. The van der Waals surface area contributed by atoms with Crippen molar-refractivity contribution in [3.8, 4) is 23.3 Å². The zero-order valence-corrected chi connectivity index (χ0v) is 27.5. The van der Waals surface area contributed by atoms with Crippen molar-refractivity contribution >= 4 is 29.6 Å². The Morgan fingerprint density at radius 1 is 0.980 bits per heavy atom. The summed E-state index contributed by atoms with van der Waals surface area (Å²) in [6.45, 7) is 1.11. The van der Waals surface area contributed by atoms with Gasteiger partial charge in [0.15, 0.2) is 24.7 Å². The number of carbonyl (C=O) groups is 3. The molecule has 2 aromatic rings. The first-order chi connectivity index (χ1) is 23.4. The van der Waals surface area contributed by atoms with Gasteiger partial charge in [-0.05, 0) is 36.8 Å². The minimum atomic E-state index is -4.98. The maximum Gasteiger partial charge on any atom is 0.431 e. The van der Waals surface area contributed by atoms with E-state index in [0.29, 0.717) is 18.0 Å². The molecule has 0 radical (unpaired) electrons. The highest BCUT2D eigenvalue weighted by atomic mass is 35.5. The van der Waals surface area contributed by atoms with Gasteiger partial charge in [-0.25, -0.2) is 14.4 Å². The van der Waals surface area contributed by atoms with Crippen LogP contribution in [0.1, 0.15) is 18.4 Å². The molecule has 1 amide bonds. The first kappa shape index (κ1) is 38.5. The highest BCUT2D eigenvalue weighted by molar-refractivity contribution is 6.30. The molecule has 12 nitrogen and oxygen atoms in total. The number of carbonyl (C=O) groups excluding carboxylic acids is 3. The lowest BCUT2D eigenvalue weighted by atomic mass is 9.80. The molecule has 264 valence electrons. The van der Waals surface area contributed by atoms with Gasteiger partial charge in [0.1, 0.15) is 18.4 Å². The first-order valence-electron chi connectivity index (χ1n) is 14.7. The normalized spacial score (nSPS) is 14.9. The number of benzene rings is 2. The van der Waals surface area contributed by atoms with E-state index in [1.165, 1.54) is 38.3 Å². The number of hydrogen-bond acceptors (Lipinski definition) is 11. The molecule has 0 saturated carbocycles. The maximum atomic E-state index is 14.0. The molecule has 3 rings (SSSR count). The molecule has 0 aromatic heterocycles. The molecule has 0 aliphatic carbocycles. The Hall–Kier alpha value is -4.91. The summed E-state index contributed by atoms with van der Waals surface area (Å²) in [5.74, 6) is 2.14. The lowest BCUT2D eigenvalue weighted by molar-refractivity contribution is -0.139. The Morgan fingerprint density at radius 3 is 2.33 bits per heavy atom. The molecule has 0 saturated heterocycles. The molecule has 4 N–H and O–H groups in total. The quantitative estimate of drug-likeness (QED) is 0.0985. The first-order valence-corrected chi connectivity index (χ1v) is 15.1. The van der Waals surface area contributed by atoms with Crippen LogP contribution in [0.25, 0.3) is 0 Å². The fourth-order valence-electron chi connectivity index (χ4n) is 4.61. The summed E-state index contributed by atoms with van der Waals surface area (Å²) >= 11 is 6.08. The summed E-state index contributed by atoms with van der Waals surface area (Å²) in [6.07, 6.45) is -6.57. The number of rotatable bonds is 14. The van der Waals surface area contributed by atoms with Gasteiger partial charge in [0.05, 0.1) is 31.3 Å². The molecule has 2 unspecified atom stereocenters. The molecule has 0 bridgehead atoms. The Kier molecular flexibility index (Phi) is 14.6. The number of para-hydroxylation sites is 2. The van der Waals surface area contributed by atoms with Crippen molar-refractivity contribution in [1.82, 2.24) is 16.0 Å². The minimum absolute atomic E-state index is 0.0258. The van der Waals surface area contributed by atoms with Crippen molar-refractivity contribution in [2.45, 2.75) is 25.1 Å². The summed E-state index contributed by atoms with van der Waals surface area (Å²) in [5, 5.41) is 17.8. The zero-order chi connectivity index (χ0) is 36.0. The Balaban J connectivity index is 1.47. The smallest absolute Gasteiger partial charge is 0.431 e. The molecule has 16 heteroatoms. The van der Waals surface area contributed by atoms with Gasteiger partial charge < -0.3 is 44.7 Å². The number of aliphatic hydroxyl groups is 1. The van der Waals surface area contributed by atoms with Gasteiger partial charge >= 0.3 is 24.2 Å². The van der Waals surface area contributed by atoms with E-state index in [9.17, 15) is 32.7 Å². The van der Waals surface area contributed by atoms with E-state index in [4.69, 9.17) is 30.5 Å². The van der Waals surface area contributed by atoms with Gasteiger partial charge in [-0.1, -0.05) is 47.7 Å². The van der Waals surface area contributed by atoms with Crippen molar-refractivity contribution in [2.75, 3.05) is 53.7 Å². The van der Waals surface area contributed by atoms with Crippen LogP contribution in [0.2, 0.25) is 5.02 Å². The van der Waals surface area contributed by atoms with E-state index >= 15 is 0 Å². The third kappa shape index (κ3) is 11.3. The molecular weight excluding hydrogens is 675 g/mol. The Labute approximate surface area is 285 Å². The molecule has 0 spiro atoms. The van der Waals surface area contributed by atoms with Crippen molar-refractivity contribution in [1.29, 1.82) is 0 Å². The monoisotopic (exact) mass is 709 g/mol. The molecule has 1 heterocycles. The predicted molar refractivity (Wildman–Crippen MR) is 171 cm³/mol. The van der Waals surface area contributed by atoms with Crippen molar-refractivity contribution in [3.63, 3.8) is 0 Å². The van der Waals surface area contributed by atoms with E-state index < -0.39 is 54.1 Å². The van der Waals surface area contributed by atoms with Crippen LogP contribution in [0.15, 0.2) is 71.1 Å². The number of allylic oxidation sites excluding steroid dienone is 2. The third-order valence-electron chi connectivity index (χ3n) is 6.78. The predicted octanol–water partition coefficient (Wildman–Crippen LogP) is 3.60. The zero-order valence-electron chi connectivity index (χ0n) is 26.7. The molecule has 2 aromatic carbocycles. The molecular formula is C33H35ClF3N3O9. The number of dihydropyridines is 1. The SMILES string of the molecule is COC(=O)C1=C(C(F)(F)F)NC(C)=C(C(=O)OCC#CCOC(=O)NCCNCC(O)COc2ccccc2OC)C1c1cccc(Cl)c1. The number of aliphatic hydroxyl groups excluding tert-OH is 1. The average Bonchev–Trinajstić information content (AvgIpc) is 3.07. The van der Waals surface area contributed by atoms with E-state index in [1.54, 1.807) is 24.3 Å². The number of ether oxygens (including phenoxy) is 5. The highest BCUT2D eigenvalue weighted by Crippen LogP contribution is 2.43. The summed E-state index contributed by atoms with van der Waals surface area (Å²) in [4.78, 5) is 37.7. The fourth-order valence-corrected chi connectivity index (χ4v) is 4.81. The number of halogens is 4. The van der Waals surface area contributed by atoms with Gasteiger partial charge in [-0.3, -0.25) is 0 Å². The molecule has 49 heavy (non-hydrogen) atoms. The number of hydrogen-bond donors (Lipinski definition) is 4. The van der Waals surface area contributed by atoms with E-state index in [2.05, 4.69) is 32.5 Å². The lowest BCUT2D eigenvalue weighted by Crippen LogP contribution is -2.38. The standard InChI is InChI=1S/C33H35ClF3N3O9/c1-20-26(27(21-9-8-10-22(34)17-21)28(30(42)46-3)29(40-20)33(35,36)37)31(43)47-15-6-7-16-48-32(44)39-14-13-38-18-23(41)19-49-25-12-5-4-11-24(25)45-2/h4-5,8-12,17,23,27,38,40-41H,13-16,18-19H2,1-3H3,(H,39,44). The van der Waals surface area contributed by atoms with Gasteiger partial charge in [0.25, 0.3) is 0 Å². The van der Waals surface area contributed by atoms with Crippen LogP contribution in [-0.2, 0) is 23.8 Å². The third-order valence-corrected chi connectivity index (χ3v) is 7.02. The van der Waals surface area contributed by atoms with E-state index in [0.717, 1.165) is 7.11 Å². The van der Waals surface area contributed by atoms with Gasteiger partial charge in [-0.2, -0.15) is 13.2 Å². The number of methoxy groups -OCH3 is 2. The van der Waals surface area contributed by atoms with E-state index in [1.807, 2.05) is 0 Å². The second-order valence-electron chi connectivity index (χ2n) is 10.2. The van der Waals surface area contributed by atoms with Crippen LogP contribution in [0.4, 0.5) is 18.0 Å². The summed E-state index contributed by atoms with van der Waals surface area (Å²) < 4.78 is 67.5. The fraction of sp³-hybridized carbons (Fsp3) is 0.364. The molecule has 1 aliphatic rings. The number of amides is 1. The summed E-state index contributed by atoms with van der Waals surface area (Å²) in [7, 11) is 2.44. The van der Waals surface area contributed by atoms with E-state index in [-0.39, 0.29) is 48.2 Å². The Bertz CT molecular complexity index is 1620. The van der Waals surface area contributed by atoms with Crippen LogP contribution in [0.5, 0.6) is 11.5 Å². The van der Waals surface area contributed by atoms with Crippen molar-refractivity contribution in [2.24, 2.45) is 0 Å². The largest absolute Gasteiger partial charge is 0.493 e. The minimum Gasteiger partial charge on any atom is -0.493 e. The topological polar surface area (TPSA) is 154 Å². The maximum absolute atomic E-state index is 14.0. The highest BCUT2D eigenvalue weighted by Gasteiger charge is 2.47. The van der Waals surface area contributed by atoms with Crippen LogP contribution in [-0.4, -0.2) is 89.1 Å². The van der Waals surface area contributed by atoms with Gasteiger partial charge in [0.2, 0.25) is 0 Å². The van der Waals surface area contributed by atoms with Gasteiger partial charge in [0, 0.05) is 30.4 Å². The summed E-state index contributed by atoms with van der Waals surface area (Å²) in [5.41, 5.74) is -2.58. The van der Waals surface area contributed by atoms with Crippen LogP contribution in [0.3, 0.4) is 0 Å². The van der Waals surface area contributed by atoms with Gasteiger partial charge in [-0.15, -0.1) is 0 Å². The van der Waals surface area contributed by atoms with Crippen LogP contribution in [0, 0.1) is 11.8 Å². The molecule has 2 atom stereocenters. The van der Waals surface area contributed by atoms with Crippen LogP contribution < -0.4 is 25.4 Å². The number of alkyl carbamates (subject to hydrolysis) is 1. The summed E-state index contributed by atoms with van der Waals surface area (Å²) in [6, 6.07) is 12.7.